The molecule has 2 N–H and O–H groups in total. The first-order valence-corrected chi connectivity index (χ1v) is 10.1. The number of hydrogen-bond donors (Lipinski definition) is 2. The molecular formula is C17H20N4O4S. The fraction of sp³-hybridized carbons (Fsp3) is 0.353. The van der Waals surface area contributed by atoms with Gasteiger partial charge >= 0.3 is 0 Å². The van der Waals surface area contributed by atoms with Gasteiger partial charge < -0.3 is 15.4 Å². The number of carbonyl (C=O) groups is 1. The predicted molar refractivity (Wildman–Crippen MR) is 98.3 cm³/mol. The SMILES string of the molecule is CCOc1ccccc1NC(=O)c1cnc(NC2CCS(=O)(=O)C2)nc1. The summed E-state index contributed by atoms with van der Waals surface area (Å²) in [4.78, 5) is 20.6. The second-order valence-electron chi connectivity index (χ2n) is 5.92. The number of para-hydroxylation sites is 2. The lowest BCUT2D eigenvalue weighted by Gasteiger charge is -2.12. The van der Waals surface area contributed by atoms with Crippen LogP contribution in [0.2, 0.25) is 0 Å². The Morgan fingerprint density at radius 1 is 1.27 bits per heavy atom. The molecule has 2 heterocycles. The average Bonchev–Trinajstić information content (AvgIpc) is 2.96. The Morgan fingerprint density at radius 3 is 2.65 bits per heavy atom. The van der Waals surface area contributed by atoms with Crippen molar-refractivity contribution in [1.29, 1.82) is 0 Å². The third kappa shape index (κ3) is 4.48. The molecule has 0 bridgehead atoms. The molecule has 138 valence electrons. The smallest absolute Gasteiger partial charge is 0.258 e. The summed E-state index contributed by atoms with van der Waals surface area (Å²) < 4.78 is 28.4. The molecule has 1 saturated heterocycles. The van der Waals surface area contributed by atoms with Crippen LogP contribution in [0.5, 0.6) is 5.75 Å². The lowest BCUT2D eigenvalue weighted by Crippen LogP contribution is -2.22. The van der Waals surface area contributed by atoms with Crippen LogP contribution in [0.1, 0.15) is 23.7 Å². The first kappa shape index (κ1) is 18.1. The highest BCUT2D eigenvalue weighted by molar-refractivity contribution is 7.91. The van der Waals surface area contributed by atoms with Crippen molar-refractivity contribution in [2.24, 2.45) is 0 Å². The predicted octanol–water partition coefficient (Wildman–Crippen LogP) is 1.73. The molecule has 1 fully saturated rings. The number of anilines is 2. The summed E-state index contributed by atoms with van der Waals surface area (Å²) in [5.74, 6) is 0.785. The third-order valence-electron chi connectivity index (χ3n) is 3.91. The molecule has 0 spiro atoms. The number of aromatic nitrogens is 2. The van der Waals surface area contributed by atoms with E-state index in [0.717, 1.165) is 0 Å². The van der Waals surface area contributed by atoms with Gasteiger partial charge in [-0.2, -0.15) is 0 Å². The summed E-state index contributed by atoms with van der Waals surface area (Å²) >= 11 is 0. The van der Waals surface area contributed by atoms with Crippen LogP contribution in [-0.2, 0) is 9.84 Å². The molecule has 0 radical (unpaired) electrons. The minimum Gasteiger partial charge on any atom is -0.492 e. The van der Waals surface area contributed by atoms with E-state index in [4.69, 9.17) is 4.74 Å². The molecule has 3 rings (SSSR count). The van der Waals surface area contributed by atoms with Crippen molar-refractivity contribution in [3.8, 4) is 5.75 Å². The summed E-state index contributed by atoms with van der Waals surface area (Å²) in [5, 5.41) is 5.76. The first-order valence-electron chi connectivity index (χ1n) is 8.29. The van der Waals surface area contributed by atoms with Crippen LogP contribution < -0.4 is 15.4 Å². The number of benzene rings is 1. The maximum Gasteiger partial charge on any atom is 0.258 e. The minimum atomic E-state index is -2.97. The number of nitrogens with zero attached hydrogens (tertiary/aromatic N) is 2. The highest BCUT2D eigenvalue weighted by Crippen LogP contribution is 2.24. The number of amides is 1. The summed E-state index contributed by atoms with van der Waals surface area (Å²) in [6, 6.07) is 6.96. The van der Waals surface area contributed by atoms with Crippen LogP contribution >= 0.6 is 0 Å². The van der Waals surface area contributed by atoms with Crippen molar-refractivity contribution < 1.29 is 17.9 Å². The highest BCUT2D eigenvalue weighted by atomic mass is 32.2. The van der Waals surface area contributed by atoms with E-state index in [1.165, 1.54) is 12.4 Å². The molecule has 8 nitrogen and oxygen atoms in total. The van der Waals surface area contributed by atoms with Gasteiger partial charge in [0.1, 0.15) is 5.75 Å². The average molecular weight is 376 g/mol. The van der Waals surface area contributed by atoms with Crippen LogP contribution in [-0.4, -0.2) is 48.4 Å². The lowest BCUT2D eigenvalue weighted by atomic mass is 10.2. The van der Waals surface area contributed by atoms with Gasteiger partial charge in [0, 0.05) is 18.4 Å². The fourth-order valence-electron chi connectivity index (χ4n) is 2.66. The summed E-state index contributed by atoms with van der Waals surface area (Å²) in [6.07, 6.45) is 3.33. The maximum absolute atomic E-state index is 12.4. The van der Waals surface area contributed by atoms with Crippen LogP contribution in [0.15, 0.2) is 36.7 Å². The Bertz CT molecular complexity index is 884. The van der Waals surface area contributed by atoms with E-state index >= 15 is 0 Å². The van der Waals surface area contributed by atoms with Crippen molar-refractivity contribution in [1.82, 2.24) is 9.97 Å². The molecule has 26 heavy (non-hydrogen) atoms. The molecule has 0 aliphatic carbocycles. The van der Waals surface area contributed by atoms with E-state index in [9.17, 15) is 13.2 Å². The van der Waals surface area contributed by atoms with Gasteiger partial charge in [-0.15, -0.1) is 0 Å². The Kier molecular flexibility index (Phi) is 5.36. The highest BCUT2D eigenvalue weighted by Gasteiger charge is 2.28. The quantitative estimate of drug-likeness (QED) is 0.790. The van der Waals surface area contributed by atoms with Crippen molar-refractivity contribution in [2.75, 3.05) is 28.7 Å². The molecule has 1 aliphatic heterocycles. The van der Waals surface area contributed by atoms with Crippen molar-refractivity contribution in [3.63, 3.8) is 0 Å². The molecular weight excluding hydrogens is 356 g/mol. The molecule has 0 saturated carbocycles. The van der Waals surface area contributed by atoms with Gasteiger partial charge in [-0.3, -0.25) is 4.79 Å². The van der Waals surface area contributed by atoms with Gasteiger partial charge in [-0.1, -0.05) is 12.1 Å². The van der Waals surface area contributed by atoms with Crippen LogP contribution in [0, 0.1) is 0 Å². The van der Waals surface area contributed by atoms with Crippen LogP contribution in [0.4, 0.5) is 11.6 Å². The number of hydrogen-bond acceptors (Lipinski definition) is 7. The molecule has 1 aromatic heterocycles. The van der Waals surface area contributed by atoms with E-state index in [0.29, 0.717) is 36.0 Å². The van der Waals surface area contributed by atoms with Gasteiger partial charge in [0.2, 0.25) is 5.95 Å². The topological polar surface area (TPSA) is 110 Å². The molecule has 1 amide bonds. The van der Waals surface area contributed by atoms with Crippen molar-refractivity contribution >= 4 is 27.4 Å². The second kappa shape index (κ2) is 7.69. The lowest BCUT2D eigenvalue weighted by molar-refractivity contribution is 0.102. The van der Waals surface area contributed by atoms with Gasteiger partial charge in [0.25, 0.3) is 5.91 Å². The van der Waals surface area contributed by atoms with Gasteiger partial charge in [0.15, 0.2) is 9.84 Å². The number of ether oxygens (including phenoxy) is 1. The van der Waals surface area contributed by atoms with Gasteiger partial charge in [-0.05, 0) is 25.5 Å². The minimum absolute atomic E-state index is 0.0762. The Labute approximate surface area is 151 Å². The van der Waals surface area contributed by atoms with E-state index in [1.54, 1.807) is 18.2 Å². The van der Waals surface area contributed by atoms with Gasteiger partial charge in [0.05, 0.1) is 29.4 Å². The Balaban J connectivity index is 1.64. The normalized spacial score (nSPS) is 18.3. The Hall–Kier alpha value is -2.68. The molecule has 9 heteroatoms. The summed E-state index contributed by atoms with van der Waals surface area (Å²) in [7, 11) is -2.97. The first-order chi connectivity index (χ1) is 12.5. The number of sulfone groups is 1. The zero-order valence-corrected chi connectivity index (χ0v) is 15.1. The fourth-order valence-corrected chi connectivity index (χ4v) is 4.33. The van der Waals surface area contributed by atoms with E-state index < -0.39 is 9.84 Å². The van der Waals surface area contributed by atoms with E-state index in [2.05, 4.69) is 20.6 Å². The van der Waals surface area contributed by atoms with E-state index in [-0.39, 0.29) is 23.5 Å². The van der Waals surface area contributed by atoms with Crippen LogP contribution in [0.25, 0.3) is 0 Å². The zero-order valence-electron chi connectivity index (χ0n) is 14.3. The molecule has 2 aromatic rings. The largest absolute Gasteiger partial charge is 0.492 e. The standard InChI is InChI=1S/C17H20N4O4S/c1-2-25-15-6-4-3-5-14(15)21-16(22)12-9-18-17(19-10-12)20-13-7-8-26(23,24)11-13/h3-6,9-10,13H,2,7-8,11H2,1H3,(H,21,22)(H,18,19,20). The molecule has 1 atom stereocenters. The molecule has 1 aliphatic rings. The van der Waals surface area contributed by atoms with Crippen molar-refractivity contribution in [2.45, 2.75) is 19.4 Å². The molecule has 1 aromatic carbocycles. The monoisotopic (exact) mass is 376 g/mol. The number of carbonyl (C=O) groups excluding carboxylic acids is 1. The summed E-state index contributed by atoms with van der Waals surface area (Å²) in [6.45, 7) is 2.36. The Morgan fingerprint density at radius 2 is 2.00 bits per heavy atom. The summed E-state index contributed by atoms with van der Waals surface area (Å²) in [5.41, 5.74) is 0.860. The van der Waals surface area contributed by atoms with Crippen LogP contribution in [0.3, 0.4) is 0 Å². The third-order valence-corrected chi connectivity index (χ3v) is 5.68. The van der Waals surface area contributed by atoms with Crippen molar-refractivity contribution in [3.05, 3.63) is 42.2 Å². The van der Waals surface area contributed by atoms with Gasteiger partial charge in [-0.25, -0.2) is 18.4 Å². The maximum atomic E-state index is 12.4. The van der Waals surface area contributed by atoms with E-state index in [1.807, 2.05) is 13.0 Å². The second-order valence-corrected chi connectivity index (χ2v) is 8.15. The number of nitrogens with one attached hydrogen (secondary N) is 2. The zero-order chi connectivity index (χ0) is 18.6. The number of rotatable bonds is 6. The molecule has 1 unspecified atom stereocenters.